The number of nitrogens with one attached hydrogen (secondary N) is 1. The van der Waals surface area contributed by atoms with E-state index in [-0.39, 0.29) is 18.1 Å². The number of hydrogen-bond donors (Lipinski definition) is 1. The molecule has 7 nitrogen and oxygen atoms in total. The van der Waals surface area contributed by atoms with E-state index in [1.165, 1.54) is 13.2 Å². The average molecular weight is 382 g/mol. The molecule has 0 radical (unpaired) electrons. The van der Waals surface area contributed by atoms with Crippen molar-refractivity contribution in [3.63, 3.8) is 0 Å². The smallest absolute Gasteiger partial charge is 0.209 e. The number of benzene rings is 1. The number of hydrogen-bond acceptors (Lipinski definition) is 5. The summed E-state index contributed by atoms with van der Waals surface area (Å²) in [6.45, 7) is 3.15. The van der Waals surface area contributed by atoms with Crippen molar-refractivity contribution >= 4 is 10.0 Å². The Morgan fingerprint density at radius 3 is 2.81 bits per heavy atom. The van der Waals surface area contributed by atoms with Gasteiger partial charge < -0.3 is 4.74 Å². The summed E-state index contributed by atoms with van der Waals surface area (Å²) in [5, 5.41) is 4.48. The Kier molecular flexibility index (Phi) is 5.59. The Bertz CT molecular complexity index is 882. The maximum atomic E-state index is 13.9. The average Bonchev–Trinajstić information content (AvgIpc) is 2.85. The third-order valence-electron chi connectivity index (χ3n) is 4.28. The van der Waals surface area contributed by atoms with Crippen LogP contribution in [0.3, 0.4) is 0 Å². The first kappa shape index (κ1) is 18.8. The van der Waals surface area contributed by atoms with Gasteiger partial charge >= 0.3 is 0 Å². The summed E-state index contributed by atoms with van der Waals surface area (Å²) < 4.78 is 45.7. The summed E-state index contributed by atoms with van der Waals surface area (Å²) >= 11 is 0. The van der Waals surface area contributed by atoms with Crippen LogP contribution in [0.5, 0.6) is 5.75 Å². The number of fused-ring (bicyclic) bond motifs is 1. The van der Waals surface area contributed by atoms with Crippen LogP contribution in [0.15, 0.2) is 24.3 Å². The van der Waals surface area contributed by atoms with Crippen LogP contribution >= 0.6 is 0 Å². The van der Waals surface area contributed by atoms with E-state index in [4.69, 9.17) is 4.74 Å². The fraction of sp³-hybridized carbons (Fsp3) is 0.471. The van der Waals surface area contributed by atoms with Gasteiger partial charge in [0, 0.05) is 26.2 Å². The van der Waals surface area contributed by atoms with Gasteiger partial charge in [0.05, 0.1) is 31.3 Å². The van der Waals surface area contributed by atoms with Crippen LogP contribution < -0.4 is 9.46 Å². The van der Waals surface area contributed by atoms with Crippen molar-refractivity contribution in [3.8, 4) is 5.75 Å². The molecule has 0 unspecified atom stereocenters. The van der Waals surface area contributed by atoms with E-state index in [0.717, 1.165) is 37.0 Å². The molecule has 1 N–H and O–H groups in total. The van der Waals surface area contributed by atoms with Crippen molar-refractivity contribution in [2.75, 3.05) is 19.9 Å². The SMILES string of the molecule is COc1ccc(CN2CCCn3nc(CNS(C)(=O)=O)cc3C2)cc1F. The standard InChI is InChI=1S/C17H23FN4O3S/c1-25-17-5-4-13(8-16(17)18)11-21-6-3-7-22-15(12-21)9-14(20-22)10-19-26(2,23)24/h4-5,8-9,19H,3,6-7,10-12H2,1-2H3. The van der Waals surface area contributed by atoms with Gasteiger partial charge in [-0.25, -0.2) is 17.5 Å². The van der Waals surface area contributed by atoms with Gasteiger partial charge in [0.1, 0.15) is 0 Å². The largest absolute Gasteiger partial charge is 0.494 e. The molecule has 0 amide bonds. The molecule has 0 saturated carbocycles. The van der Waals surface area contributed by atoms with E-state index in [1.54, 1.807) is 6.07 Å². The fourth-order valence-electron chi connectivity index (χ4n) is 3.08. The third-order valence-corrected chi connectivity index (χ3v) is 4.95. The zero-order valence-electron chi connectivity index (χ0n) is 14.9. The molecule has 0 aliphatic carbocycles. The van der Waals surface area contributed by atoms with Gasteiger partial charge in [-0.15, -0.1) is 0 Å². The normalized spacial score (nSPS) is 15.5. The van der Waals surface area contributed by atoms with Crippen LogP contribution in [-0.2, 0) is 36.2 Å². The van der Waals surface area contributed by atoms with Crippen molar-refractivity contribution in [2.45, 2.75) is 32.6 Å². The van der Waals surface area contributed by atoms with Gasteiger partial charge in [0.25, 0.3) is 0 Å². The molecule has 3 rings (SSSR count). The summed E-state index contributed by atoms with van der Waals surface area (Å²) in [5.41, 5.74) is 2.61. The molecule has 2 aromatic rings. The lowest BCUT2D eigenvalue weighted by Crippen LogP contribution is -2.23. The first-order valence-corrected chi connectivity index (χ1v) is 10.3. The number of nitrogens with zero attached hydrogens (tertiary/aromatic N) is 3. The summed E-state index contributed by atoms with van der Waals surface area (Å²) in [4.78, 5) is 2.23. The summed E-state index contributed by atoms with van der Waals surface area (Å²) in [5.74, 6) is -0.121. The zero-order chi connectivity index (χ0) is 18.7. The third kappa shape index (κ3) is 4.80. The van der Waals surface area contributed by atoms with E-state index in [0.29, 0.717) is 18.8 Å². The van der Waals surface area contributed by atoms with E-state index < -0.39 is 10.0 Å². The topological polar surface area (TPSA) is 76.5 Å². The van der Waals surface area contributed by atoms with Crippen LogP contribution in [0.25, 0.3) is 0 Å². The molecule has 2 heterocycles. The minimum Gasteiger partial charge on any atom is -0.494 e. The molecule has 0 saturated heterocycles. The minimum atomic E-state index is -3.25. The van der Waals surface area contributed by atoms with E-state index in [1.807, 2.05) is 16.8 Å². The number of aryl methyl sites for hydroxylation is 1. The lowest BCUT2D eigenvalue weighted by atomic mass is 10.2. The molecule has 0 spiro atoms. The number of sulfonamides is 1. The number of halogens is 1. The van der Waals surface area contributed by atoms with Crippen LogP contribution in [0.4, 0.5) is 4.39 Å². The first-order valence-electron chi connectivity index (χ1n) is 8.39. The summed E-state index contributed by atoms with van der Waals surface area (Å²) in [6.07, 6.45) is 2.05. The molecule has 0 bridgehead atoms. The van der Waals surface area contributed by atoms with Crippen molar-refractivity contribution in [2.24, 2.45) is 0 Å². The van der Waals surface area contributed by atoms with E-state index in [2.05, 4.69) is 14.7 Å². The Morgan fingerprint density at radius 1 is 1.31 bits per heavy atom. The van der Waals surface area contributed by atoms with Gasteiger partial charge in [-0.05, 0) is 30.2 Å². The lowest BCUT2D eigenvalue weighted by molar-refractivity contribution is 0.260. The summed E-state index contributed by atoms with van der Waals surface area (Å²) in [7, 11) is -1.80. The molecule has 0 atom stereocenters. The Labute approximate surface area is 152 Å². The molecule has 142 valence electrons. The van der Waals surface area contributed by atoms with Crippen molar-refractivity contribution in [3.05, 3.63) is 47.0 Å². The predicted octanol–water partition coefficient (Wildman–Crippen LogP) is 1.49. The second kappa shape index (κ2) is 7.73. The molecular formula is C17H23FN4O3S. The second-order valence-corrected chi connectivity index (χ2v) is 8.31. The molecular weight excluding hydrogens is 359 g/mol. The molecule has 1 aliphatic heterocycles. The van der Waals surface area contributed by atoms with Crippen molar-refractivity contribution in [1.82, 2.24) is 19.4 Å². The highest BCUT2D eigenvalue weighted by molar-refractivity contribution is 7.88. The van der Waals surface area contributed by atoms with Crippen LogP contribution in [0.2, 0.25) is 0 Å². The van der Waals surface area contributed by atoms with Gasteiger partial charge in [-0.1, -0.05) is 6.07 Å². The minimum absolute atomic E-state index is 0.183. The van der Waals surface area contributed by atoms with Gasteiger partial charge in [0.15, 0.2) is 11.6 Å². The van der Waals surface area contributed by atoms with Crippen LogP contribution in [-0.4, -0.2) is 43.0 Å². The number of ether oxygens (including phenoxy) is 1. The molecule has 0 fully saturated rings. The summed E-state index contributed by atoms with van der Waals surface area (Å²) in [6, 6.07) is 6.93. The maximum absolute atomic E-state index is 13.9. The van der Waals surface area contributed by atoms with Crippen molar-refractivity contribution < 1.29 is 17.5 Å². The quantitative estimate of drug-likeness (QED) is 0.819. The molecule has 1 aliphatic rings. The highest BCUT2D eigenvalue weighted by Gasteiger charge is 2.18. The molecule has 9 heteroatoms. The Hall–Kier alpha value is -1.97. The maximum Gasteiger partial charge on any atom is 0.209 e. The van der Waals surface area contributed by atoms with Crippen LogP contribution in [0.1, 0.15) is 23.4 Å². The Morgan fingerprint density at radius 2 is 2.12 bits per heavy atom. The monoisotopic (exact) mass is 382 g/mol. The highest BCUT2D eigenvalue weighted by atomic mass is 32.2. The number of rotatable bonds is 6. The second-order valence-electron chi connectivity index (χ2n) is 6.48. The van der Waals surface area contributed by atoms with E-state index in [9.17, 15) is 12.8 Å². The van der Waals surface area contributed by atoms with Crippen molar-refractivity contribution in [1.29, 1.82) is 0 Å². The highest BCUT2D eigenvalue weighted by Crippen LogP contribution is 2.21. The zero-order valence-corrected chi connectivity index (χ0v) is 15.7. The number of methoxy groups -OCH3 is 1. The lowest BCUT2D eigenvalue weighted by Gasteiger charge is -2.19. The van der Waals surface area contributed by atoms with Gasteiger partial charge in [-0.3, -0.25) is 9.58 Å². The first-order chi connectivity index (χ1) is 12.3. The molecule has 26 heavy (non-hydrogen) atoms. The molecule has 1 aromatic carbocycles. The Balaban J connectivity index is 1.69. The number of aromatic nitrogens is 2. The fourth-order valence-corrected chi connectivity index (χ4v) is 3.49. The van der Waals surface area contributed by atoms with Gasteiger partial charge in [0.2, 0.25) is 10.0 Å². The van der Waals surface area contributed by atoms with Crippen LogP contribution in [0, 0.1) is 5.82 Å². The predicted molar refractivity (Wildman–Crippen MR) is 95.6 cm³/mol. The molecule has 1 aromatic heterocycles. The van der Waals surface area contributed by atoms with Gasteiger partial charge in [-0.2, -0.15) is 5.10 Å². The van der Waals surface area contributed by atoms with E-state index >= 15 is 0 Å².